The SMILES string of the molecule is CNC(=O)c1c(-c2ccc(F)cc2)oc2cc(N(Cc3ccc(Br)c(C#N)c3)S(=O)[O-])c(C3CC3)cc12. The van der Waals surface area contributed by atoms with Crippen LogP contribution >= 0.6 is 15.9 Å². The number of hydrogen-bond donors (Lipinski definition) is 1. The van der Waals surface area contributed by atoms with Crippen molar-refractivity contribution in [2.75, 3.05) is 11.4 Å². The van der Waals surface area contributed by atoms with Crippen molar-refractivity contribution in [2.24, 2.45) is 0 Å². The van der Waals surface area contributed by atoms with Crippen molar-refractivity contribution in [1.29, 1.82) is 5.26 Å². The Kier molecular flexibility index (Phi) is 6.86. The highest BCUT2D eigenvalue weighted by molar-refractivity contribution is 9.10. The highest BCUT2D eigenvalue weighted by Gasteiger charge is 2.31. The maximum atomic E-state index is 13.6. The third-order valence-electron chi connectivity index (χ3n) is 6.34. The highest BCUT2D eigenvalue weighted by Crippen LogP contribution is 2.48. The number of nitriles is 1. The third kappa shape index (κ3) is 4.90. The number of rotatable bonds is 7. The number of halogens is 2. The molecule has 1 atom stereocenters. The Labute approximate surface area is 223 Å². The van der Waals surface area contributed by atoms with Crippen molar-refractivity contribution >= 4 is 49.8 Å². The summed E-state index contributed by atoms with van der Waals surface area (Å²) in [6.07, 6.45) is 1.79. The summed E-state index contributed by atoms with van der Waals surface area (Å²) in [4.78, 5) is 12.9. The summed E-state index contributed by atoms with van der Waals surface area (Å²) in [6, 6.07) is 16.3. The van der Waals surface area contributed by atoms with Crippen molar-refractivity contribution in [2.45, 2.75) is 25.3 Å². The molecule has 1 N–H and O–H groups in total. The van der Waals surface area contributed by atoms with E-state index in [1.54, 1.807) is 24.3 Å². The molecule has 188 valence electrons. The van der Waals surface area contributed by atoms with Crippen LogP contribution in [0.4, 0.5) is 10.1 Å². The van der Waals surface area contributed by atoms with Gasteiger partial charge in [-0.2, -0.15) is 5.26 Å². The molecular weight excluding hydrogens is 561 g/mol. The lowest BCUT2D eigenvalue weighted by Gasteiger charge is -2.29. The molecule has 1 fully saturated rings. The molecule has 1 amide bonds. The summed E-state index contributed by atoms with van der Waals surface area (Å²) in [7, 11) is 1.52. The first-order valence-electron chi connectivity index (χ1n) is 11.4. The Morgan fingerprint density at radius 1 is 1.24 bits per heavy atom. The maximum absolute atomic E-state index is 13.6. The number of nitrogens with one attached hydrogen (secondary N) is 1. The lowest BCUT2D eigenvalue weighted by atomic mass is 10.00. The number of furan rings is 1. The van der Waals surface area contributed by atoms with Gasteiger partial charge in [0.25, 0.3) is 5.91 Å². The van der Waals surface area contributed by atoms with Gasteiger partial charge in [-0.15, -0.1) is 0 Å². The molecule has 7 nitrogen and oxygen atoms in total. The van der Waals surface area contributed by atoms with E-state index in [-0.39, 0.29) is 24.1 Å². The number of fused-ring (bicyclic) bond motifs is 1. The molecule has 0 spiro atoms. The Hall–Kier alpha value is -3.52. The highest BCUT2D eigenvalue weighted by atomic mass is 79.9. The van der Waals surface area contributed by atoms with Crippen LogP contribution in [0.15, 0.2) is 63.5 Å². The fraction of sp³-hybridized carbons (Fsp3) is 0.185. The van der Waals surface area contributed by atoms with Crippen LogP contribution in [0.5, 0.6) is 0 Å². The van der Waals surface area contributed by atoms with E-state index in [4.69, 9.17) is 4.42 Å². The monoisotopic (exact) mass is 580 g/mol. The van der Waals surface area contributed by atoms with E-state index >= 15 is 0 Å². The molecule has 1 saturated carbocycles. The lowest BCUT2D eigenvalue weighted by molar-refractivity contribution is 0.0964. The molecule has 0 saturated heterocycles. The van der Waals surface area contributed by atoms with E-state index < -0.39 is 17.1 Å². The van der Waals surface area contributed by atoms with Crippen LogP contribution < -0.4 is 9.62 Å². The van der Waals surface area contributed by atoms with Gasteiger partial charge >= 0.3 is 0 Å². The van der Waals surface area contributed by atoms with Crippen molar-refractivity contribution in [3.8, 4) is 17.4 Å². The molecule has 1 unspecified atom stereocenters. The van der Waals surface area contributed by atoms with Crippen LogP contribution in [0.25, 0.3) is 22.3 Å². The average Bonchev–Trinajstić information content (AvgIpc) is 3.67. The zero-order valence-electron chi connectivity index (χ0n) is 19.6. The van der Waals surface area contributed by atoms with E-state index in [0.717, 1.165) is 18.4 Å². The van der Waals surface area contributed by atoms with Gasteiger partial charge in [0.1, 0.15) is 23.2 Å². The number of nitrogens with zero attached hydrogens (tertiary/aromatic N) is 2. The number of carbonyl (C=O) groups excluding carboxylic acids is 1. The molecular formula is C27H20BrFN3O4S-. The van der Waals surface area contributed by atoms with Crippen LogP contribution in [-0.2, 0) is 17.8 Å². The number of hydrogen-bond acceptors (Lipinski definition) is 5. The smallest absolute Gasteiger partial charge is 0.255 e. The Bertz CT molecular complexity index is 1590. The van der Waals surface area contributed by atoms with Gasteiger partial charge in [-0.05, 0) is 88.3 Å². The molecule has 1 aliphatic rings. The summed E-state index contributed by atoms with van der Waals surface area (Å²) >= 11 is 0.691. The second kappa shape index (κ2) is 10.1. The fourth-order valence-corrected chi connectivity index (χ4v) is 5.29. The Morgan fingerprint density at radius 3 is 2.59 bits per heavy atom. The minimum absolute atomic E-state index is 0.0110. The Balaban J connectivity index is 1.68. The van der Waals surface area contributed by atoms with Crippen LogP contribution in [-0.4, -0.2) is 21.7 Å². The van der Waals surface area contributed by atoms with Crippen molar-refractivity contribution in [3.05, 3.63) is 87.1 Å². The minimum atomic E-state index is -2.63. The summed E-state index contributed by atoms with van der Waals surface area (Å²) in [5, 5.41) is 12.6. The van der Waals surface area contributed by atoms with Gasteiger partial charge in [0.15, 0.2) is 0 Å². The summed E-state index contributed by atoms with van der Waals surface area (Å²) < 4.78 is 46.4. The summed E-state index contributed by atoms with van der Waals surface area (Å²) in [6.45, 7) is 0.0110. The van der Waals surface area contributed by atoms with Gasteiger partial charge in [-0.25, -0.2) is 4.39 Å². The first kappa shape index (κ1) is 25.1. The van der Waals surface area contributed by atoms with Crippen LogP contribution in [0.3, 0.4) is 0 Å². The van der Waals surface area contributed by atoms with E-state index in [9.17, 15) is 23.2 Å². The largest absolute Gasteiger partial charge is 0.755 e. The van der Waals surface area contributed by atoms with Crippen molar-refractivity contribution < 1.29 is 22.4 Å². The quantitative estimate of drug-likeness (QED) is 0.273. The van der Waals surface area contributed by atoms with Crippen LogP contribution in [0.1, 0.15) is 45.8 Å². The topological polar surface area (TPSA) is 109 Å². The fourth-order valence-electron chi connectivity index (χ4n) is 4.38. The first-order valence-corrected chi connectivity index (χ1v) is 13.3. The maximum Gasteiger partial charge on any atom is 0.255 e. The van der Waals surface area contributed by atoms with Crippen LogP contribution in [0.2, 0.25) is 0 Å². The summed E-state index contributed by atoms with van der Waals surface area (Å²) in [5.41, 5.74) is 3.45. The van der Waals surface area contributed by atoms with E-state index in [2.05, 4.69) is 27.3 Å². The second-order valence-corrected chi connectivity index (χ2v) is 10.5. The summed E-state index contributed by atoms with van der Waals surface area (Å²) in [5.74, 6) is -0.363. The number of benzene rings is 3. The minimum Gasteiger partial charge on any atom is -0.755 e. The zero-order valence-corrected chi connectivity index (χ0v) is 22.0. The first-order chi connectivity index (χ1) is 17.8. The molecule has 4 aromatic rings. The third-order valence-corrected chi connectivity index (χ3v) is 7.72. The van der Waals surface area contributed by atoms with E-state index in [0.29, 0.717) is 43.4 Å². The number of anilines is 1. The van der Waals surface area contributed by atoms with Crippen molar-refractivity contribution in [3.63, 3.8) is 0 Å². The molecule has 1 aliphatic carbocycles. The molecule has 10 heteroatoms. The molecule has 0 radical (unpaired) electrons. The molecule has 3 aromatic carbocycles. The molecule has 1 heterocycles. The van der Waals surface area contributed by atoms with Gasteiger partial charge in [0.05, 0.1) is 23.4 Å². The van der Waals surface area contributed by atoms with Crippen molar-refractivity contribution in [1.82, 2.24) is 5.32 Å². The molecule has 37 heavy (non-hydrogen) atoms. The van der Waals surface area contributed by atoms with Gasteiger partial charge in [-0.1, -0.05) is 6.07 Å². The van der Waals surface area contributed by atoms with Gasteiger partial charge < -0.3 is 14.3 Å². The van der Waals surface area contributed by atoms with Gasteiger partial charge in [0, 0.05) is 39.8 Å². The molecule has 0 bridgehead atoms. The number of carbonyl (C=O) groups is 1. The average molecular weight is 581 g/mol. The molecule has 1 aromatic heterocycles. The second-order valence-electron chi connectivity index (χ2n) is 8.75. The number of amides is 1. The van der Waals surface area contributed by atoms with E-state index in [1.807, 2.05) is 6.07 Å². The van der Waals surface area contributed by atoms with E-state index in [1.165, 1.54) is 35.6 Å². The Morgan fingerprint density at radius 2 is 1.97 bits per heavy atom. The van der Waals surface area contributed by atoms with Crippen LogP contribution in [0, 0.1) is 17.1 Å². The predicted molar refractivity (Wildman–Crippen MR) is 141 cm³/mol. The van der Waals surface area contributed by atoms with Gasteiger partial charge in [0.2, 0.25) is 0 Å². The van der Waals surface area contributed by atoms with Gasteiger partial charge in [-0.3, -0.25) is 13.3 Å². The lowest BCUT2D eigenvalue weighted by Crippen LogP contribution is -2.26. The standard InChI is InChI=1S/C27H21BrFN3O4S/c1-31-27(33)25-21-11-20(16-3-4-16)23(12-24(21)36-26(25)17-5-7-19(29)8-6-17)32(37(34)35)14-15-2-9-22(28)18(10-15)13-30/h2,5-12,16H,3-4,14H2,1H3,(H,31,33)(H,34,35)/p-1. The predicted octanol–water partition coefficient (Wildman–Crippen LogP) is 5.91. The zero-order chi connectivity index (χ0) is 26.3. The normalized spacial score (nSPS) is 13.8. The molecule has 0 aliphatic heterocycles. The molecule has 5 rings (SSSR count).